The maximum absolute atomic E-state index is 14.1. The summed E-state index contributed by atoms with van der Waals surface area (Å²) >= 11 is 0. The molecular weight excluding hydrogens is 518 g/mol. The van der Waals surface area contributed by atoms with Crippen LogP contribution in [0.2, 0.25) is 0 Å². The molecule has 4 rings (SSSR count). The molecule has 0 radical (unpaired) electrons. The molecule has 1 fully saturated rings. The molecule has 10 nitrogen and oxygen atoms in total. The number of piperazine rings is 1. The van der Waals surface area contributed by atoms with Gasteiger partial charge in [0.1, 0.15) is 11.4 Å². The second kappa shape index (κ2) is 12.6. The fourth-order valence-electron chi connectivity index (χ4n) is 4.85. The maximum atomic E-state index is 14.1. The van der Waals surface area contributed by atoms with E-state index < -0.39 is 10.0 Å². The summed E-state index contributed by atoms with van der Waals surface area (Å²) in [5, 5.41) is 3.26. The number of nitrogens with zero attached hydrogens (tertiary/aromatic N) is 3. The number of hydrogen-bond acceptors (Lipinski definition) is 6. The molecule has 1 aliphatic heterocycles. The van der Waals surface area contributed by atoms with E-state index in [1.807, 2.05) is 56.3 Å². The van der Waals surface area contributed by atoms with Gasteiger partial charge in [0.15, 0.2) is 0 Å². The summed E-state index contributed by atoms with van der Waals surface area (Å²) in [4.78, 5) is 29.9. The topological polar surface area (TPSA) is 115 Å². The Labute approximate surface area is 229 Å². The highest BCUT2D eigenvalue weighted by atomic mass is 32.2. The highest BCUT2D eigenvalue weighted by Crippen LogP contribution is 2.31. The lowest BCUT2D eigenvalue weighted by atomic mass is 10.1. The molecule has 210 valence electrons. The molecule has 11 heteroatoms. The van der Waals surface area contributed by atoms with Crippen molar-refractivity contribution < 1.29 is 17.9 Å². The van der Waals surface area contributed by atoms with Crippen LogP contribution in [0.3, 0.4) is 0 Å². The average molecular weight is 556 g/mol. The Balaban J connectivity index is 1.83. The third-order valence-electron chi connectivity index (χ3n) is 6.55. The number of nitrogens with one attached hydrogen (secondary N) is 2. The normalized spacial score (nSPS) is 14.1. The highest BCUT2D eigenvalue weighted by Gasteiger charge is 2.31. The minimum Gasteiger partial charge on any atom is -0.495 e. The second-order valence-electron chi connectivity index (χ2n) is 9.97. The van der Waals surface area contributed by atoms with Crippen molar-refractivity contribution >= 4 is 15.9 Å². The molecule has 0 spiro atoms. The number of sulfonamides is 1. The predicted octanol–water partition coefficient (Wildman–Crippen LogP) is 2.33. The van der Waals surface area contributed by atoms with Crippen molar-refractivity contribution in [1.29, 1.82) is 0 Å². The number of aromatic nitrogens is 2. The van der Waals surface area contributed by atoms with Gasteiger partial charge in [0.05, 0.1) is 24.2 Å². The Morgan fingerprint density at radius 3 is 2.38 bits per heavy atom. The number of carbonyl (C=O) groups excluding carboxylic acids is 1. The minimum absolute atomic E-state index is 0.00306. The molecule has 1 amide bonds. The average Bonchev–Trinajstić information content (AvgIpc) is 3.22. The number of carbonyl (C=O) groups is 1. The smallest absolute Gasteiger partial charge is 0.334 e. The van der Waals surface area contributed by atoms with Crippen LogP contribution in [0, 0.1) is 5.92 Å². The largest absolute Gasteiger partial charge is 0.495 e. The molecule has 39 heavy (non-hydrogen) atoms. The lowest BCUT2D eigenvalue weighted by Crippen LogP contribution is -2.47. The van der Waals surface area contributed by atoms with Crippen LogP contribution in [0.15, 0.2) is 59.4 Å². The molecule has 1 saturated heterocycles. The highest BCUT2D eigenvalue weighted by molar-refractivity contribution is 7.89. The van der Waals surface area contributed by atoms with E-state index in [2.05, 4.69) is 10.0 Å². The summed E-state index contributed by atoms with van der Waals surface area (Å²) in [5.74, 6) is 0.289. The van der Waals surface area contributed by atoms with E-state index in [9.17, 15) is 18.0 Å². The minimum atomic E-state index is -3.43. The monoisotopic (exact) mass is 555 g/mol. The van der Waals surface area contributed by atoms with Crippen LogP contribution in [0.1, 0.15) is 30.8 Å². The van der Waals surface area contributed by atoms with E-state index in [4.69, 9.17) is 4.74 Å². The van der Waals surface area contributed by atoms with Crippen molar-refractivity contribution in [2.75, 3.05) is 45.6 Å². The molecule has 0 aliphatic carbocycles. The lowest BCUT2D eigenvalue weighted by Gasteiger charge is -2.28. The number of hydrogen-bond donors (Lipinski definition) is 2. The Kier molecular flexibility index (Phi) is 9.26. The van der Waals surface area contributed by atoms with Gasteiger partial charge in [-0.1, -0.05) is 56.3 Å². The lowest BCUT2D eigenvalue weighted by molar-refractivity contribution is 0.0725. The van der Waals surface area contributed by atoms with Gasteiger partial charge in [-0.2, -0.15) is 0 Å². The molecule has 2 heterocycles. The van der Waals surface area contributed by atoms with Gasteiger partial charge in [-0.3, -0.25) is 13.9 Å². The zero-order chi connectivity index (χ0) is 28.0. The van der Waals surface area contributed by atoms with Gasteiger partial charge in [-0.15, -0.1) is 0 Å². The Morgan fingerprint density at radius 2 is 1.72 bits per heavy atom. The fourth-order valence-corrected chi connectivity index (χ4v) is 6.30. The molecule has 0 unspecified atom stereocenters. The predicted molar refractivity (Wildman–Crippen MR) is 152 cm³/mol. The van der Waals surface area contributed by atoms with Crippen molar-refractivity contribution in [3.63, 3.8) is 0 Å². The summed E-state index contributed by atoms with van der Waals surface area (Å²) in [5.41, 5.74) is 1.62. The van der Waals surface area contributed by atoms with Gasteiger partial charge >= 0.3 is 5.69 Å². The first-order chi connectivity index (χ1) is 18.7. The second-order valence-corrected chi connectivity index (χ2v) is 11.8. The third kappa shape index (κ3) is 6.60. The number of methoxy groups -OCH3 is 1. The zero-order valence-corrected chi connectivity index (χ0v) is 23.5. The first kappa shape index (κ1) is 28.6. The van der Waals surface area contributed by atoms with Gasteiger partial charge < -0.3 is 15.0 Å². The summed E-state index contributed by atoms with van der Waals surface area (Å²) in [6, 6.07) is 16.6. The number of benzene rings is 2. The van der Waals surface area contributed by atoms with Crippen molar-refractivity contribution in [2.45, 2.75) is 26.8 Å². The van der Waals surface area contributed by atoms with E-state index in [1.54, 1.807) is 24.1 Å². The van der Waals surface area contributed by atoms with Crippen molar-refractivity contribution in [3.05, 3.63) is 70.8 Å². The number of rotatable bonds is 11. The summed E-state index contributed by atoms with van der Waals surface area (Å²) < 4.78 is 35.9. The van der Waals surface area contributed by atoms with E-state index in [0.29, 0.717) is 49.7 Å². The van der Waals surface area contributed by atoms with E-state index in [1.165, 1.54) is 9.13 Å². The van der Waals surface area contributed by atoms with Gasteiger partial charge in [0.2, 0.25) is 10.0 Å². The van der Waals surface area contributed by atoms with Crippen molar-refractivity contribution in [1.82, 2.24) is 24.1 Å². The number of ether oxygens (including phenoxy) is 1. The molecular formula is C28H37N5O5S. The molecule has 0 bridgehead atoms. The Morgan fingerprint density at radius 1 is 1.05 bits per heavy atom. The van der Waals surface area contributed by atoms with Crippen LogP contribution in [0.5, 0.6) is 5.75 Å². The molecule has 2 N–H and O–H groups in total. The summed E-state index contributed by atoms with van der Waals surface area (Å²) in [6.45, 7) is 6.40. The Bertz CT molecular complexity index is 1440. The molecule has 0 atom stereocenters. The number of para-hydroxylation sites is 2. The quantitative estimate of drug-likeness (QED) is 0.351. The van der Waals surface area contributed by atoms with Crippen LogP contribution in [-0.4, -0.2) is 73.9 Å². The van der Waals surface area contributed by atoms with Crippen molar-refractivity contribution in [3.8, 4) is 22.7 Å². The van der Waals surface area contributed by atoms with Gasteiger partial charge in [-0.05, 0) is 24.5 Å². The Hall–Kier alpha value is -3.41. The van der Waals surface area contributed by atoms with E-state index >= 15 is 0 Å². The molecule has 1 aliphatic rings. The molecule has 2 aromatic carbocycles. The maximum Gasteiger partial charge on any atom is 0.334 e. The molecule has 3 aromatic rings. The number of imidazole rings is 1. The first-order valence-electron chi connectivity index (χ1n) is 13.2. The zero-order valence-electron chi connectivity index (χ0n) is 22.7. The van der Waals surface area contributed by atoms with Gasteiger partial charge in [0, 0.05) is 44.8 Å². The van der Waals surface area contributed by atoms with Gasteiger partial charge in [0.25, 0.3) is 5.91 Å². The van der Waals surface area contributed by atoms with Crippen LogP contribution in [0.25, 0.3) is 16.9 Å². The summed E-state index contributed by atoms with van der Waals surface area (Å²) in [7, 11) is -1.89. The molecule has 1 aromatic heterocycles. The van der Waals surface area contributed by atoms with Crippen LogP contribution in [-0.2, 0) is 16.6 Å². The first-order valence-corrected chi connectivity index (χ1v) is 14.9. The van der Waals surface area contributed by atoms with Crippen LogP contribution >= 0.6 is 0 Å². The summed E-state index contributed by atoms with van der Waals surface area (Å²) in [6.07, 6.45) is 0.337. The standard InChI is InChI=1S/C28H37N5O5S/c1-21(2)20-39(36,37)30-14-9-17-32-26(27(34)31-18-15-29-16-19-31)25(22-10-5-4-6-11-22)33(28(32)35)23-12-7-8-13-24(23)38-3/h4-8,10-13,21,29-30H,9,14-20H2,1-3H3. The fraction of sp³-hybridized carbons (Fsp3) is 0.429. The van der Waals surface area contributed by atoms with Crippen LogP contribution in [0.4, 0.5) is 0 Å². The molecule has 0 saturated carbocycles. The van der Waals surface area contributed by atoms with E-state index in [-0.39, 0.29) is 42.1 Å². The van der Waals surface area contributed by atoms with Crippen molar-refractivity contribution in [2.24, 2.45) is 5.92 Å². The van der Waals surface area contributed by atoms with Crippen LogP contribution < -0.4 is 20.5 Å². The third-order valence-corrected chi connectivity index (χ3v) is 8.30. The number of amides is 1. The van der Waals surface area contributed by atoms with Gasteiger partial charge in [-0.25, -0.2) is 17.9 Å². The van der Waals surface area contributed by atoms with E-state index in [0.717, 1.165) is 5.56 Å². The SMILES string of the molecule is COc1ccccc1-n1c(-c2ccccc2)c(C(=O)N2CCNCC2)n(CCCNS(=O)(=O)CC(C)C)c1=O.